The van der Waals surface area contributed by atoms with Gasteiger partial charge in [-0.3, -0.25) is 0 Å². The van der Waals surface area contributed by atoms with Gasteiger partial charge in [-0.05, 0) is 47.9 Å². The van der Waals surface area contributed by atoms with Crippen molar-refractivity contribution in [1.82, 2.24) is 4.31 Å². The fourth-order valence-corrected chi connectivity index (χ4v) is 4.97. The van der Waals surface area contributed by atoms with Gasteiger partial charge in [-0.25, -0.2) is 8.42 Å². The Morgan fingerprint density at radius 1 is 1.14 bits per heavy atom. The van der Waals surface area contributed by atoms with E-state index in [9.17, 15) is 8.42 Å². The molecule has 4 nitrogen and oxygen atoms in total. The Kier molecular flexibility index (Phi) is 4.63. The molecule has 1 aromatic rings. The summed E-state index contributed by atoms with van der Waals surface area (Å²) in [5, 5.41) is 0. The molecule has 5 heteroatoms. The first kappa shape index (κ1) is 16.3. The molecule has 1 heterocycles. The highest BCUT2D eigenvalue weighted by Gasteiger charge is 2.36. The van der Waals surface area contributed by atoms with E-state index in [1.54, 1.807) is 10.4 Å². The molecule has 118 valence electrons. The van der Waals surface area contributed by atoms with Crippen molar-refractivity contribution >= 4 is 15.7 Å². The summed E-state index contributed by atoms with van der Waals surface area (Å²) in [7, 11) is -3.45. The molecule has 21 heavy (non-hydrogen) atoms. The minimum atomic E-state index is -3.45. The largest absolute Gasteiger partial charge is 0.398 e. The van der Waals surface area contributed by atoms with Crippen molar-refractivity contribution in [3.63, 3.8) is 0 Å². The van der Waals surface area contributed by atoms with Gasteiger partial charge in [0.05, 0.1) is 4.90 Å². The van der Waals surface area contributed by atoms with Gasteiger partial charge in [-0.2, -0.15) is 4.31 Å². The van der Waals surface area contributed by atoms with E-state index in [4.69, 9.17) is 5.73 Å². The quantitative estimate of drug-likeness (QED) is 0.870. The lowest BCUT2D eigenvalue weighted by Crippen LogP contribution is -2.30. The van der Waals surface area contributed by atoms with E-state index in [2.05, 4.69) is 13.8 Å². The molecule has 2 N–H and O–H groups in total. The molecule has 0 spiro atoms. The molecular formula is C16H26N2O2S. The fraction of sp³-hybridized carbons (Fsp3) is 0.625. The smallest absolute Gasteiger partial charge is 0.243 e. The first-order valence-electron chi connectivity index (χ1n) is 7.72. The molecule has 0 aliphatic carbocycles. The molecule has 0 aromatic heterocycles. The Balaban J connectivity index is 2.51. The van der Waals surface area contributed by atoms with E-state index in [1.165, 1.54) is 0 Å². The topological polar surface area (TPSA) is 63.4 Å². The fourth-order valence-electron chi connectivity index (χ4n) is 2.95. The minimum absolute atomic E-state index is 0.400. The third-order valence-corrected chi connectivity index (χ3v) is 6.54. The van der Waals surface area contributed by atoms with Crippen molar-refractivity contribution in [3.8, 4) is 0 Å². The number of rotatable bonds is 4. The number of sulfonamides is 1. The summed E-state index contributed by atoms with van der Waals surface area (Å²) < 4.78 is 27.6. The van der Waals surface area contributed by atoms with Crippen molar-refractivity contribution in [2.45, 2.75) is 45.4 Å². The second kappa shape index (κ2) is 5.97. The van der Waals surface area contributed by atoms with E-state index in [0.717, 1.165) is 17.5 Å². The van der Waals surface area contributed by atoms with Gasteiger partial charge in [-0.15, -0.1) is 0 Å². The summed E-state index contributed by atoms with van der Waals surface area (Å²) in [6, 6.07) is 3.70. The van der Waals surface area contributed by atoms with E-state index < -0.39 is 10.0 Å². The van der Waals surface area contributed by atoms with Gasteiger partial charge >= 0.3 is 0 Å². The standard InChI is InChI=1S/C16H26N2O2S/c1-5-13-7-15(17)14(6-2)16(8-13)21(19,20)18-9-11(3)12(4)10-18/h7-8,11-12H,5-6,9-10,17H2,1-4H3. The second-order valence-electron chi connectivity index (χ2n) is 6.15. The average molecular weight is 310 g/mol. The maximum Gasteiger partial charge on any atom is 0.243 e. The molecule has 1 fully saturated rings. The number of nitrogens with zero attached hydrogens (tertiary/aromatic N) is 1. The van der Waals surface area contributed by atoms with Gasteiger partial charge in [-0.1, -0.05) is 27.7 Å². The van der Waals surface area contributed by atoms with Crippen LogP contribution in [0.25, 0.3) is 0 Å². The van der Waals surface area contributed by atoms with Crippen LogP contribution in [0.1, 0.15) is 38.8 Å². The van der Waals surface area contributed by atoms with Crippen LogP contribution in [0.3, 0.4) is 0 Å². The van der Waals surface area contributed by atoms with E-state index in [-0.39, 0.29) is 0 Å². The second-order valence-corrected chi connectivity index (χ2v) is 8.05. The Labute approximate surface area is 128 Å². The predicted octanol–water partition coefficient (Wildman–Crippen LogP) is 2.67. The van der Waals surface area contributed by atoms with Crippen LogP contribution in [0.15, 0.2) is 17.0 Å². The lowest BCUT2D eigenvalue weighted by Gasteiger charge is -2.20. The molecule has 0 radical (unpaired) electrons. The van der Waals surface area contributed by atoms with Crippen LogP contribution < -0.4 is 5.73 Å². The molecule has 1 saturated heterocycles. The van der Waals surface area contributed by atoms with E-state index in [0.29, 0.717) is 41.9 Å². The summed E-state index contributed by atoms with van der Waals surface area (Å²) in [6.07, 6.45) is 1.41. The third kappa shape index (κ3) is 2.94. The van der Waals surface area contributed by atoms with Crippen molar-refractivity contribution in [2.24, 2.45) is 11.8 Å². The lowest BCUT2D eigenvalue weighted by molar-refractivity contribution is 0.462. The summed E-state index contributed by atoms with van der Waals surface area (Å²) in [6.45, 7) is 9.38. The summed E-state index contributed by atoms with van der Waals surface area (Å²) >= 11 is 0. The first-order chi connectivity index (χ1) is 9.81. The molecule has 1 aromatic carbocycles. The van der Waals surface area contributed by atoms with Crippen LogP contribution in [0.4, 0.5) is 5.69 Å². The summed E-state index contributed by atoms with van der Waals surface area (Å²) in [5.41, 5.74) is 8.39. The third-order valence-electron chi connectivity index (χ3n) is 4.64. The van der Waals surface area contributed by atoms with Crippen LogP contribution in [0.5, 0.6) is 0 Å². The number of benzene rings is 1. The van der Waals surface area contributed by atoms with Crippen LogP contribution >= 0.6 is 0 Å². The zero-order chi connectivity index (χ0) is 15.8. The molecule has 2 atom stereocenters. The van der Waals surface area contributed by atoms with Crippen molar-refractivity contribution in [1.29, 1.82) is 0 Å². The Morgan fingerprint density at radius 2 is 1.71 bits per heavy atom. The minimum Gasteiger partial charge on any atom is -0.398 e. The monoisotopic (exact) mass is 310 g/mol. The Morgan fingerprint density at radius 3 is 2.19 bits per heavy atom. The maximum absolute atomic E-state index is 13.0. The molecular weight excluding hydrogens is 284 g/mol. The predicted molar refractivity (Wildman–Crippen MR) is 86.7 cm³/mol. The number of hydrogen-bond acceptors (Lipinski definition) is 3. The molecule has 1 aliphatic rings. The van der Waals surface area contributed by atoms with Gasteiger partial charge in [0.15, 0.2) is 0 Å². The highest BCUT2D eigenvalue weighted by Crippen LogP contribution is 2.32. The van der Waals surface area contributed by atoms with Gasteiger partial charge in [0.25, 0.3) is 0 Å². The Hall–Kier alpha value is -1.07. The van der Waals surface area contributed by atoms with Crippen LogP contribution in [0, 0.1) is 11.8 Å². The molecule has 0 amide bonds. The van der Waals surface area contributed by atoms with Crippen molar-refractivity contribution < 1.29 is 8.42 Å². The van der Waals surface area contributed by atoms with Gasteiger partial charge < -0.3 is 5.73 Å². The van der Waals surface area contributed by atoms with Crippen molar-refractivity contribution in [2.75, 3.05) is 18.8 Å². The molecule has 2 rings (SSSR count). The number of nitrogen functional groups attached to an aromatic ring is 1. The highest BCUT2D eigenvalue weighted by atomic mass is 32.2. The van der Waals surface area contributed by atoms with Gasteiger partial charge in [0.2, 0.25) is 10.0 Å². The van der Waals surface area contributed by atoms with Crippen molar-refractivity contribution in [3.05, 3.63) is 23.3 Å². The molecule has 1 aliphatic heterocycles. The zero-order valence-electron chi connectivity index (χ0n) is 13.4. The van der Waals surface area contributed by atoms with Gasteiger partial charge in [0, 0.05) is 18.8 Å². The van der Waals surface area contributed by atoms with Crippen LogP contribution in [-0.2, 0) is 22.9 Å². The normalized spacial score (nSPS) is 23.6. The van der Waals surface area contributed by atoms with E-state index in [1.807, 2.05) is 19.9 Å². The Bertz CT molecular complexity index is 615. The highest BCUT2D eigenvalue weighted by molar-refractivity contribution is 7.89. The number of aryl methyl sites for hydroxylation is 1. The number of hydrogen-bond donors (Lipinski definition) is 1. The first-order valence-corrected chi connectivity index (χ1v) is 9.16. The summed E-state index contributed by atoms with van der Waals surface area (Å²) in [5.74, 6) is 0.799. The maximum atomic E-state index is 13.0. The summed E-state index contributed by atoms with van der Waals surface area (Å²) in [4.78, 5) is 0.406. The van der Waals surface area contributed by atoms with E-state index >= 15 is 0 Å². The average Bonchev–Trinajstić information content (AvgIpc) is 2.78. The molecule has 0 bridgehead atoms. The molecule has 2 unspecified atom stereocenters. The number of nitrogens with two attached hydrogens (primary N) is 1. The van der Waals surface area contributed by atoms with Crippen LogP contribution in [0.2, 0.25) is 0 Å². The lowest BCUT2D eigenvalue weighted by atomic mass is 10.0. The van der Waals surface area contributed by atoms with Gasteiger partial charge in [0.1, 0.15) is 0 Å². The SMILES string of the molecule is CCc1cc(N)c(CC)c(S(=O)(=O)N2CC(C)C(C)C2)c1. The van der Waals surface area contributed by atoms with Crippen LogP contribution in [-0.4, -0.2) is 25.8 Å². The zero-order valence-corrected chi connectivity index (χ0v) is 14.2. The molecule has 0 saturated carbocycles. The number of anilines is 1.